The molecule has 1 heterocycles. The van der Waals surface area contributed by atoms with Crippen molar-refractivity contribution >= 4 is 0 Å². The summed E-state index contributed by atoms with van der Waals surface area (Å²) in [7, 11) is 0. The van der Waals surface area contributed by atoms with Gasteiger partial charge < -0.3 is 5.11 Å². The Kier molecular flexibility index (Phi) is 2.90. The van der Waals surface area contributed by atoms with Crippen LogP contribution in [0.1, 0.15) is 36.2 Å². The summed E-state index contributed by atoms with van der Waals surface area (Å²) in [6.45, 7) is 4.11. The third kappa shape index (κ3) is 1.79. The lowest BCUT2D eigenvalue weighted by Crippen LogP contribution is -2.35. The second kappa shape index (κ2) is 4.46. The van der Waals surface area contributed by atoms with Crippen LogP contribution in [-0.4, -0.2) is 10.1 Å². The van der Waals surface area contributed by atoms with Crippen molar-refractivity contribution in [2.24, 2.45) is 5.92 Å². The molecule has 0 aliphatic heterocycles. The van der Waals surface area contributed by atoms with Crippen molar-refractivity contribution in [3.8, 4) is 0 Å². The van der Waals surface area contributed by atoms with E-state index in [9.17, 15) is 5.11 Å². The van der Waals surface area contributed by atoms with Gasteiger partial charge in [0.1, 0.15) is 5.60 Å². The summed E-state index contributed by atoms with van der Waals surface area (Å²) in [4.78, 5) is 4.50. The smallest absolute Gasteiger partial charge is 0.134 e. The maximum atomic E-state index is 11.4. The maximum Gasteiger partial charge on any atom is 0.134 e. The fourth-order valence-electron chi connectivity index (χ4n) is 3.08. The molecule has 1 aliphatic rings. The van der Waals surface area contributed by atoms with E-state index >= 15 is 0 Å². The molecule has 0 spiro atoms. The number of hydrogen-bond donors (Lipinski definition) is 1. The van der Waals surface area contributed by atoms with Gasteiger partial charge in [-0.25, -0.2) is 0 Å². The highest BCUT2D eigenvalue weighted by atomic mass is 16.3. The molecule has 1 atom stereocenters. The molecule has 0 saturated heterocycles. The summed E-state index contributed by atoms with van der Waals surface area (Å²) in [6.07, 6.45) is 3.68. The van der Waals surface area contributed by atoms with E-state index in [0.717, 1.165) is 29.7 Å². The Hall–Kier alpha value is -1.67. The normalized spacial score (nSPS) is 21.7. The fraction of sp³-hybridized carbons (Fsp3) is 0.353. The highest BCUT2D eigenvalue weighted by molar-refractivity contribution is 5.45. The molecular formula is C17H19NO. The number of pyridine rings is 1. The van der Waals surface area contributed by atoms with Crippen LogP contribution in [0.5, 0.6) is 0 Å². The van der Waals surface area contributed by atoms with E-state index in [1.807, 2.05) is 24.3 Å². The lowest BCUT2D eigenvalue weighted by Gasteiger charge is -2.33. The molecule has 3 rings (SSSR count). The first kappa shape index (κ1) is 12.4. The molecule has 1 N–H and O–H groups in total. The Labute approximate surface area is 114 Å². The summed E-state index contributed by atoms with van der Waals surface area (Å²) >= 11 is 0. The number of nitrogens with zero attached hydrogens (tertiary/aromatic N) is 1. The van der Waals surface area contributed by atoms with Crippen molar-refractivity contribution in [3.05, 3.63) is 65.0 Å². The van der Waals surface area contributed by atoms with Crippen molar-refractivity contribution < 1.29 is 5.11 Å². The molecule has 2 aromatic rings. The first-order valence-corrected chi connectivity index (χ1v) is 6.89. The number of hydrogen-bond acceptors (Lipinski definition) is 2. The predicted octanol–water partition coefficient (Wildman–Crippen LogP) is 3.07. The van der Waals surface area contributed by atoms with Gasteiger partial charge in [-0.15, -0.1) is 0 Å². The first-order chi connectivity index (χ1) is 9.14. The standard InChI is InChI=1S/C17H19NO/c1-12(2)17(19)15-8-4-3-6-13(15)9-10-14-7-5-11-18-16(14)17/h3-8,11-12,19H,9-10H2,1-2H3/t17-/m1/s1. The zero-order valence-electron chi connectivity index (χ0n) is 11.4. The Morgan fingerprint density at radius 3 is 2.53 bits per heavy atom. The highest BCUT2D eigenvalue weighted by Gasteiger charge is 2.41. The number of benzene rings is 1. The highest BCUT2D eigenvalue weighted by Crippen LogP contribution is 2.41. The summed E-state index contributed by atoms with van der Waals surface area (Å²) in [5.41, 5.74) is 3.26. The van der Waals surface area contributed by atoms with Crippen LogP contribution < -0.4 is 0 Å². The van der Waals surface area contributed by atoms with E-state index in [-0.39, 0.29) is 5.92 Å². The minimum atomic E-state index is -0.982. The third-order valence-electron chi connectivity index (χ3n) is 4.18. The van der Waals surface area contributed by atoms with Gasteiger partial charge in [-0.1, -0.05) is 44.2 Å². The first-order valence-electron chi connectivity index (χ1n) is 6.89. The van der Waals surface area contributed by atoms with Crippen LogP contribution in [0.15, 0.2) is 42.6 Å². The Balaban J connectivity index is 2.32. The second-order valence-electron chi connectivity index (χ2n) is 5.59. The largest absolute Gasteiger partial charge is 0.378 e. The van der Waals surface area contributed by atoms with Gasteiger partial charge in [0.25, 0.3) is 0 Å². The Bertz CT molecular complexity index is 556. The number of fused-ring (bicyclic) bond motifs is 2. The number of aliphatic hydroxyl groups is 1. The summed E-state index contributed by atoms with van der Waals surface area (Å²) in [6, 6.07) is 12.2. The van der Waals surface area contributed by atoms with Crippen molar-refractivity contribution in [2.75, 3.05) is 0 Å². The number of aryl methyl sites for hydroxylation is 2. The molecule has 0 fully saturated rings. The van der Waals surface area contributed by atoms with Crippen LogP contribution in [0, 0.1) is 5.92 Å². The predicted molar refractivity (Wildman–Crippen MR) is 75.9 cm³/mol. The molecular weight excluding hydrogens is 234 g/mol. The summed E-state index contributed by atoms with van der Waals surface area (Å²) in [5, 5.41) is 11.4. The number of rotatable bonds is 1. The van der Waals surface area contributed by atoms with Crippen LogP contribution in [0.3, 0.4) is 0 Å². The average molecular weight is 253 g/mol. The summed E-state index contributed by atoms with van der Waals surface area (Å²) in [5.74, 6) is 0.0837. The van der Waals surface area contributed by atoms with Gasteiger partial charge in [0, 0.05) is 6.20 Å². The Morgan fingerprint density at radius 1 is 1.05 bits per heavy atom. The summed E-state index contributed by atoms with van der Waals surface area (Å²) < 4.78 is 0. The van der Waals surface area contributed by atoms with Crippen molar-refractivity contribution in [3.63, 3.8) is 0 Å². The van der Waals surface area contributed by atoms with E-state index in [1.54, 1.807) is 6.20 Å². The lowest BCUT2D eigenvalue weighted by atomic mass is 9.78. The van der Waals surface area contributed by atoms with Gasteiger partial charge in [0.05, 0.1) is 5.69 Å². The zero-order valence-corrected chi connectivity index (χ0v) is 11.4. The molecule has 0 bridgehead atoms. The van der Waals surface area contributed by atoms with E-state index in [2.05, 4.69) is 31.0 Å². The van der Waals surface area contributed by atoms with Crippen LogP contribution in [0.4, 0.5) is 0 Å². The molecule has 0 amide bonds. The topological polar surface area (TPSA) is 33.1 Å². The van der Waals surface area contributed by atoms with Gasteiger partial charge in [-0.2, -0.15) is 0 Å². The monoisotopic (exact) mass is 253 g/mol. The van der Waals surface area contributed by atoms with Crippen molar-refractivity contribution in [2.45, 2.75) is 32.3 Å². The maximum absolute atomic E-state index is 11.4. The molecule has 1 aliphatic carbocycles. The molecule has 98 valence electrons. The van der Waals surface area contributed by atoms with E-state index in [0.29, 0.717) is 0 Å². The lowest BCUT2D eigenvalue weighted by molar-refractivity contribution is 0.0269. The van der Waals surface area contributed by atoms with Crippen molar-refractivity contribution in [1.29, 1.82) is 0 Å². The Morgan fingerprint density at radius 2 is 1.74 bits per heavy atom. The van der Waals surface area contributed by atoms with Gasteiger partial charge in [0.15, 0.2) is 0 Å². The quantitative estimate of drug-likeness (QED) is 0.847. The molecule has 1 aromatic heterocycles. The third-order valence-corrected chi connectivity index (χ3v) is 4.18. The van der Waals surface area contributed by atoms with Gasteiger partial charge in [0.2, 0.25) is 0 Å². The molecule has 2 nitrogen and oxygen atoms in total. The molecule has 0 unspecified atom stereocenters. The van der Waals surface area contributed by atoms with E-state index in [4.69, 9.17) is 0 Å². The molecule has 0 saturated carbocycles. The van der Waals surface area contributed by atoms with Gasteiger partial charge in [-0.05, 0) is 41.5 Å². The van der Waals surface area contributed by atoms with Crippen LogP contribution >= 0.6 is 0 Å². The molecule has 2 heteroatoms. The zero-order chi connectivity index (χ0) is 13.5. The second-order valence-corrected chi connectivity index (χ2v) is 5.59. The van der Waals surface area contributed by atoms with Crippen LogP contribution in [0.2, 0.25) is 0 Å². The van der Waals surface area contributed by atoms with Gasteiger partial charge >= 0.3 is 0 Å². The average Bonchev–Trinajstić information content (AvgIpc) is 2.56. The minimum absolute atomic E-state index is 0.0837. The molecule has 0 radical (unpaired) electrons. The molecule has 1 aromatic carbocycles. The van der Waals surface area contributed by atoms with Crippen LogP contribution in [-0.2, 0) is 18.4 Å². The van der Waals surface area contributed by atoms with Crippen LogP contribution in [0.25, 0.3) is 0 Å². The molecule has 19 heavy (non-hydrogen) atoms. The van der Waals surface area contributed by atoms with Gasteiger partial charge in [-0.3, -0.25) is 4.98 Å². The minimum Gasteiger partial charge on any atom is -0.378 e. The van der Waals surface area contributed by atoms with Crippen molar-refractivity contribution in [1.82, 2.24) is 4.98 Å². The SMILES string of the molecule is CC(C)[C@@]1(O)c2ccccc2CCc2cccnc21. The van der Waals surface area contributed by atoms with E-state index in [1.165, 1.54) is 5.56 Å². The number of aromatic nitrogens is 1. The fourth-order valence-corrected chi connectivity index (χ4v) is 3.08. The van der Waals surface area contributed by atoms with E-state index < -0.39 is 5.60 Å².